The minimum atomic E-state index is -0.205. The van der Waals surface area contributed by atoms with Crippen LogP contribution in [0.1, 0.15) is 5.56 Å². The van der Waals surface area contributed by atoms with Crippen molar-refractivity contribution in [2.75, 3.05) is 12.1 Å². The molecule has 0 saturated carbocycles. The van der Waals surface area contributed by atoms with Gasteiger partial charge in [-0.25, -0.2) is 0 Å². The number of hydrogen-bond acceptors (Lipinski definition) is 4. The van der Waals surface area contributed by atoms with Gasteiger partial charge in [-0.05, 0) is 19.1 Å². The largest absolute Gasteiger partial charge is 0.872 e. The summed E-state index contributed by atoms with van der Waals surface area (Å²) in [6.07, 6.45) is 0. The molecule has 0 amide bonds. The van der Waals surface area contributed by atoms with E-state index in [-0.39, 0.29) is 17.2 Å². The third-order valence-corrected chi connectivity index (χ3v) is 1.62. The molecule has 1 rings (SSSR count). The van der Waals surface area contributed by atoms with E-state index in [1.54, 1.807) is 6.92 Å². The number of hydrogen-bond donors (Lipinski definition) is 2. The molecule has 2 N–H and O–H groups in total. The molecule has 0 unspecified atom stereocenters. The monoisotopic (exact) mass is 168 g/mol. The fraction of sp³-hybridized carbons (Fsp3) is 0.250. The molecule has 4 nitrogen and oxygen atoms in total. The maximum atomic E-state index is 11.0. The van der Waals surface area contributed by atoms with Crippen LogP contribution in [0, 0.1) is 6.92 Å². The average molecular weight is 168 g/mol. The molecular formula is C8H10NO3-. The molecule has 0 radical (unpaired) electrons. The van der Waals surface area contributed by atoms with Crippen molar-refractivity contribution in [2.45, 2.75) is 6.92 Å². The Kier molecular flexibility index (Phi) is 2.10. The summed E-state index contributed by atoms with van der Waals surface area (Å²) >= 11 is 0. The Morgan fingerprint density at radius 3 is 2.50 bits per heavy atom. The summed E-state index contributed by atoms with van der Waals surface area (Å²) in [5, 5.41) is 30.0. The first-order valence-corrected chi connectivity index (χ1v) is 3.45. The minimum Gasteiger partial charge on any atom is -0.872 e. The van der Waals surface area contributed by atoms with Crippen molar-refractivity contribution in [3.05, 3.63) is 17.7 Å². The standard InChI is InChI=1S/C8H11NO3/c1-5-3-8(11)6(9(2)12)4-7(5)10/h3-4,10-12H,1-2H3/p-1. The number of phenols is 1. The van der Waals surface area contributed by atoms with Gasteiger partial charge in [0, 0.05) is 7.05 Å². The van der Waals surface area contributed by atoms with Crippen LogP contribution in [-0.4, -0.2) is 17.4 Å². The zero-order valence-electron chi connectivity index (χ0n) is 6.90. The second-order valence-electron chi connectivity index (χ2n) is 2.63. The lowest BCUT2D eigenvalue weighted by molar-refractivity contribution is -0.269. The highest BCUT2D eigenvalue weighted by Gasteiger charge is 2.04. The number of benzene rings is 1. The highest BCUT2D eigenvalue weighted by molar-refractivity contribution is 5.60. The van der Waals surface area contributed by atoms with E-state index in [2.05, 4.69) is 0 Å². The van der Waals surface area contributed by atoms with Crippen molar-refractivity contribution in [3.63, 3.8) is 0 Å². The van der Waals surface area contributed by atoms with Gasteiger partial charge in [0.2, 0.25) is 0 Å². The minimum absolute atomic E-state index is 0.0999. The molecule has 1 aromatic carbocycles. The molecule has 0 saturated heterocycles. The van der Waals surface area contributed by atoms with Crippen LogP contribution in [0.2, 0.25) is 0 Å². The van der Waals surface area contributed by atoms with Gasteiger partial charge in [0.1, 0.15) is 11.4 Å². The highest BCUT2D eigenvalue weighted by atomic mass is 16.5. The van der Waals surface area contributed by atoms with Gasteiger partial charge in [-0.1, -0.05) is 5.56 Å². The number of nitrogens with zero attached hydrogens (tertiary/aromatic N) is 1. The first-order valence-electron chi connectivity index (χ1n) is 3.45. The maximum absolute atomic E-state index is 11.0. The first kappa shape index (κ1) is 8.67. The van der Waals surface area contributed by atoms with Crippen molar-refractivity contribution in [3.8, 4) is 11.5 Å². The number of anilines is 1. The van der Waals surface area contributed by atoms with Crippen molar-refractivity contribution in [1.29, 1.82) is 0 Å². The van der Waals surface area contributed by atoms with Gasteiger partial charge in [-0.3, -0.25) is 10.3 Å². The Bertz CT molecular complexity index is 297. The first-order chi connectivity index (χ1) is 5.52. The van der Waals surface area contributed by atoms with Crippen LogP contribution in [-0.2, 0) is 0 Å². The third-order valence-electron chi connectivity index (χ3n) is 1.62. The van der Waals surface area contributed by atoms with Gasteiger partial charge < -0.3 is 10.2 Å². The molecule has 0 heterocycles. The number of phenolic OH excluding ortho intramolecular Hbond substituents is 1. The van der Waals surface area contributed by atoms with Gasteiger partial charge >= 0.3 is 0 Å². The second-order valence-corrected chi connectivity index (χ2v) is 2.63. The van der Waals surface area contributed by atoms with Crippen LogP contribution >= 0.6 is 0 Å². The van der Waals surface area contributed by atoms with Gasteiger partial charge in [0.05, 0.1) is 0 Å². The Hall–Kier alpha value is -1.42. The number of hydroxylamine groups is 1. The fourth-order valence-corrected chi connectivity index (χ4v) is 0.921. The molecule has 0 bridgehead atoms. The lowest BCUT2D eigenvalue weighted by atomic mass is 10.2. The van der Waals surface area contributed by atoms with Gasteiger partial charge in [0.25, 0.3) is 0 Å². The lowest BCUT2D eigenvalue weighted by Gasteiger charge is -2.17. The van der Waals surface area contributed by atoms with Crippen LogP contribution < -0.4 is 10.2 Å². The number of aromatic hydroxyl groups is 1. The molecule has 0 atom stereocenters. The van der Waals surface area contributed by atoms with Crippen molar-refractivity contribution < 1.29 is 15.4 Å². The van der Waals surface area contributed by atoms with E-state index < -0.39 is 0 Å². The molecule has 0 aliphatic carbocycles. The number of aryl methyl sites for hydroxylation is 1. The predicted molar refractivity (Wildman–Crippen MR) is 42.5 cm³/mol. The van der Waals surface area contributed by atoms with E-state index in [0.29, 0.717) is 10.6 Å². The molecular weight excluding hydrogens is 158 g/mol. The summed E-state index contributed by atoms with van der Waals surface area (Å²) in [6.45, 7) is 1.60. The maximum Gasteiger partial charge on any atom is 0.141 e. The Morgan fingerprint density at radius 2 is 2.00 bits per heavy atom. The van der Waals surface area contributed by atoms with E-state index >= 15 is 0 Å². The summed E-state index contributed by atoms with van der Waals surface area (Å²) in [5.74, 6) is -0.305. The molecule has 66 valence electrons. The van der Waals surface area contributed by atoms with Crippen molar-refractivity contribution in [1.82, 2.24) is 0 Å². The van der Waals surface area contributed by atoms with E-state index in [4.69, 9.17) is 5.21 Å². The number of rotatable bonds is 1. The van der Waals surface area contributed by atoms with E-state index in [0.717, 1.165) is 0 Å². The second kappa shape index (κ2) is 2.91. The summed E-state index contributed by atoms with van der Waals surface area (Å²) in [7, 11) is 1.34. The average Bonchev–Trinajstić information content (AvgIpc) is 1.96. The fourth-order valence-electron chi connectivity index (χ4n) is 0.921. The van der Waals surface area contributed by atoms with Gasteiger partial charge in [-0.2, -0.15) is 0 Å². The smallest absolute Gasteiger partial charge is 0.141 e. The summed E-state index contributed by atoms with van der Waals surface area (Å²) < 4.78 is 0. The molecule has 1 aromatic rings. The predicted octanol–water partition coefficient (Wildman–Crippen LogP) is 0.600. The highest BCUT2D eigenvalue weighted by Crippen LogP contribution is 2.30. The summed E-state index contributed by atoms with van der Waals surface area (Å²) in [5.41, 5.74) is 0.573. The molecule has 0 aliphatic heterocycles. The quantitative estimate of drug-likeness (QED) is 0.602. The molecule has 4 heteroatoms. The van der Waals surface area contributed by atoms with Crippen LogP contribution in [0.3, 0.4) is 0 Å². The van der Waals surface area contributed by atoms with Gasteiger partial charge in [0.15, 0.2) is 0 Å². The summed E-state index contributed by atoms with van der Waals surface area (Å²) in [4.78, 5) is 0. The van der Waals surface area contributed by atoms with E-state index in [9.17, 15) is 10.2 Å². The zero-order valence-corrected chi connectivity index (χ0v) is 6.90. The SMILES string of the molecule is Cc1cc(O)c(N(C)O)cc1[O-]. The molecule has 0 aromatic heterocycles. The van der Waals surface area contributed by atoms with Crippen LogP contribution in [0.15, 0.2) is 12.1 Å². The van der Waals surface area contributed by atoms with Crippen LogP contribution in [0.25, 0.3) is 0 Å². The molecule has 0 aliphatic rings. The normalized spacial score (nSPS) is 9.92. The Labute approximate surface area is 70.3 Å². The Balaban J connectivity index is 3.23. The van der Waals surface area contributed by atoms with E-state index in [1.165, 1.54) is 19.2 Å². The lowest BCUT2D eigenvalue weighted by Crippen LogP contribution is -2.10. The van der Waals surface area contributed by atoms with Crippen LogP contribution in [0.4, 0.5) is 5.69 Å². The summed E-state index contributed by atoms with van der Waals surface area (Å²) in [6, 6.07) is 2.51. The Morgan fingerprint density at radius 1 is 1.42 bits per heavy atom. The molecule has 0 spiro atoms. The molecule has 12 heavy (non-hydrogen) atoms. The van der Waals surface area contributed by atoms with Crippen LogP contribution in [0.5, 0.6) is 11.5 Å². The molecule has 0 fully saturated rings. The van der Waals surface area contributed by atoms with Gasteiger partial charge in [-0.15, -0.1) is 5.75 Å². The zero-order chi connectivity index (χ0) is 9.30. The van der Waals surface area contributed by atoms with Crippen molar-refractivity contribution in [2.24, 2.45) is 0 Å². The third kappa shape index (κ3) is 1.43. The topological polar surface area (TPSA) is 66.8 Å². The van der Waals surface area contributed by atoms with Crippen molar-refractivity contribution >= 4 is 5.69 Å². The van der Waals surface area contributed by atoms with E-state index in [1.807, 2.05) is 0 Å².